The van der Waals surface area contributed by atoms with Crippen LogP contribution in [0, 0.1) is 0 Å². The van der Waals surface area contributed by atoms with E-state index in [0.717, 1.165) is 25.2 Å². The predicted octanol–water partition coefficient (Wildman–Crippen LogP) is 2.18. The first kappa shape index (κ1) is 12.5. The number of likely N-dealkylation sites (tertiary alicyclic amines) is 1. The van der Waals surface area contributed by atoms with Crippen molar-refractivity contribution >= 4 is 5.91 Å². The quantitative estimate of drug-likeness (QED) is 0.897. The Bertz CT molecular complexity index is 506. The predicted molar refractivity (Wildman–Crippen MR) is 77.8 cm³/mol. The van der Waals surface area contributed by atoms with Crippen molar-refractivity contribution in [3.63, 3.8) is 0 Å². The average Bonchev–Trinajstić information content (AvgIpc) is 2.94. The molecule has 20 heavy (non-hydrogen) atoms. The van der Waals surface area contributed by atoms with E-state index in [-0.39, 0.29) is 5.91 Å². The van der Waals surface area contributed by atoms with E-state index in [2.05, 4.69) is 21.0 Å². The summed E-state index contributed by atoms with van der Waals surface area (Å²) in [7, 11) is 0. The smallest absolute Gasteiger partial charge is 0.270 e. The first-order valence-electron chi connectivity index (χ1n) is 8.03. The van der Waals surface area contributed by atoms with Crippen LogP contribution in [-0.2, 0) is 0 Å². The number of aromatic nitrogens is 1. The molecule has 0 spiro atoms. The summed E-state index contributed by atoms with van der Waals surface area (Å²) in [5.74, 6) is 0.233. The van der Waals surface area contributed by atoms with E-state index in [1.165, 1.54) is 32.1 Å². The van der Waals surface area contributed by atoms with Crippen LogP contribution in [0.3, 0.4) is 0 Å². The van der Waals surface area contributed by atoms with E-state index in [9.17, 15) is 4.79 Å². The first-order chi connectivity index (χ1) is 9.81. The Morgan fingerprint density at radius 3 is 2.80 bits per heavy atom. The minimum atomic E-state index is 0.233. The minimum Gasteiger partial charge on any atom is -0.340 e. The van der Waals surface area contributed by atoms with Gasteiger partial charge in [-0.2, -0.15) is 0 Å². The second-order valence-electron chi connectivity index (χ2n) is 6.56. The Morgan fingerprint density at radius 2 is 2.00 bits per heavy atom. The molecule has 1 amide bonds. The van der Waals surface area contributed by atoms with Crippen LogP contribution in [0.4, 0.5) is 0 Å². The Balaban J connectivity index is 1.53. The van der Waals surface area contributed by atoms with Crippen LogP contribution < -0.4 is 5.32 Å². The van der Waals surface area contributed by atoms with Gasteiger partial charge in [0.05, 0.1) is 0 Å². The molecule has 1 aromatic heterocycles. The van der Waals surface area contributed by atoms with E-state index in [4.69, 9.17) is 0 Å². The zero-order chi connectivity index (χ0) is 13.5. The molecule has 2 bridgehead atoms. The largest absolute Gasteiger partial charge is 0.340 e. The summed E-state index contributed by atoms with van der Waals surface area (Å²) in [4.78, 5) is 14.9. The average molecular weight is 273 g/mol. The fraction of sp³-hybridized carbons (Fsp3) is 0.688. The molecular formula is C16H23N3O. The summed E-state index contributed by atoms with van der Waals surface area (Å²) in [6, 6.07) is 5.73. The van der Waals surface area contributed by atoms with E-state index in [1.54, 1.807) is 0 Å². The van der Waals surface area contributed by atoms with Crippen molar-refractivity contribution in [1.82, 2.24) is 14.8 Å². The molecule has 2 saturated heterocycles. The van der Waals surface area contributed by atoms with Crippen LogP contribution in [0.2, 0.25) is 0 Å². The maximum absolute atomic E-state index is 12.8. The molecule has 4 nitrogen and oxygen atoms in total. The van der Waals surface area contributed by atoms with Crippen LogP contribution >= 0.6 is 0 Å². The van der Waals surface area contributed by atoms with Crippen molar-refractivity contribution < 1.29 is 4.79 Å². The number of nitrogens with zero attached hydrogens (tertiary/aromatic N) is 2. The minimum absolute atomic E-state index is 0.233. The number of amides is 1. The maximum Gasteiger partial charge on any atom is 0.270 e. The summed E-state index contributed by atoms with van der Waals surface area (Å²) in [6.07, 6.45) is 9.44. The molecule has 3 heterocycles. The van der Waals surface area contributed by atoms with Gasteiger partial charge in [-0.05, 0) is 50.7 Å². The Kier molecular flexibility index (Phi) is 3.06. The molecule has 108 valence electrons. The molecule has 1 saturated carbocycles. The molecule has 1 aromatic rings. The van der Waals surface area contributed by atoms with Gasteiger partial charge >= 0.3 is 0 Å². The van der Waals surface area contributed by atoms with E-state index < -0.39 is 0 Å². The summed E-state index contributed by atoms with van der Waals surface area (Å²) in [6.45, 7) is 1.79. The molecule has 0 aromatic carbocycles. The highest BCUT2D eigenvalue weighted by Gasteiger charge is 2.33. The summed E-state index contributed by atoms with van der Waals surface area (Å²) in [5.41, 5.74) is 0.896. The standard InChI is InChI=1S/C16H23N3O/c20-16(15-5-2-9-19(15)14-3-1-4-14)18-10-8-12-6-7-13(11-18)17-12/h2,5,9,12-14,17H,1,3-4,6-8,10-11H2. The molecule has 4 heteroatoms. The number of carbonyl (C=O) groups is 1. The molecule has 1 N–H and O–H groups in total. The van der Waals surface area contributed by atoms with Gasteiger partial charge in [-0.1, -0.05) is 0 Å². The van der Waals surface area contributed by atoms with Crippen LogP contribution in [0.5, 0.6) is 0 Å². The second kappa shape index (κ2) is 4.92. The van der Waals surface area contributed by atoms with Crippen molar-refractivity contribution in [3.05, 3.63) is 24.0 Å². The Hall–Kier alpha value is -1.29. The lowest BCUT2D eigenvalue weighted by atomic mass is 9.93. The van der Waals surface area contributed by atoms with Crippen molar-refractivity contribution in [3.8, 4) is 0 Å². The summed E-state index contributed by atoms with van der Waals surface area (Å²) < 4.78 is 2.21. The normalized spacial score (nSPS) is 30.1. The first-order valence-corrected chi connectivity index (χ1v) is 8.03. The highest BCUT2D eigenvalue weighted by Crippen LogP contribution is 2.33. The van der Waals surface area contributed by atoms with Gasteiger partial charge in [-0.25, -0.2) is 0 Å². The molecule has 4 rings (SSSR count). The zero-order valence-corrected chi connectivity index (χ0v) is 11.9. The van der Waals surface area contributed by atoms with Crippen LogP contribution in [0.1, 0.15) is 55.1 Å². The van der Waals surface area contributed by atoms with Crippen LogP contribution in [-0.4, -0.2) is 40.5 Å². The number of nitrogens with one attached hydrogen (secondary N) is 1. The number of rotatable bonds is 2. The van der Waals surface area contributed by atoms with Crippen LogP contribution in [0.15, 0.2) is 18.3 Å². The molecule has 2 unspecified atom stereocenters. The lowest BCUT2D eigenvalue weighted by molar-refractivity contribution is 0.0731. The van der Waals surface area contributed by atoms with Gasteiger partial charge in [0.25, 0.3) is 5.91 Å². The lowest BCUT2D eigenvalue weighted by Gasteiger charge is -2.31. The lowest BCUT2D eigenvalue weighted by Crippen LogP contribution is -2.40. The topological polar surface area (TPSA) is 37.3 Å². The highest BCUT2D eigenvalue weighted by atomic mass is 16.2. The fourth-order valence-corrected chi connectivity index (χ4v) is 3.85. The van der Waals surface area contributed by atoms with Gasteiger partial charge in [0.1, 0.15) is 5.69 Å². The molecule has 3 aliphatic rings. The van der Waals surface area contributed by atoms with Crippen molar-refractivity contribution in [2.75, 3.05) is 13.1 Å². The summed E-state index contributed by atoms with van der Waals surface area (Å²) >= 11 is 0. The molecular weight excluding hydrogens is 250 g/mol. The third kappa shape index (κ3) is 2.06. The monoisotopic (exact) mass is 273 g/mol. The Morgan fingerprint density at radius 1 is 1.15 bits per heavy atom. The van der Waals surface area contributed by atoms with Gasteiger partial charge < -0.3 is 14.8 Å². The van der Waals surface area contributed by atoms with Crippen molar-refractivity contribution in [1.29, 1.82) is 0 Å². The fourth-order valence-electron chi connectivity index (χ4n) is 3.85. The van der Waals surface area contributed by atoms with Crippen molar-refractivity contribution in [2.24, 2.45) is 0 Å². The second-order valence-corrected chi connectivity index (χ2v) is 6.56. The van der Waals surface area contributed by atoms with E-state index in [0.29, 0.717) is 18.1 Å². The van der Waals surface area contributed by atoms with Gasteiger partial charge in [-0.15, -0.1) is 0 Å². The molecule has 2 aliphatic heterocycles. The van der Waals surface area contributed by atoms with Gasteiger partial charge in [0, 0.05) is 37.4 Å². The maximum atomic E-state index is 12.8. The SMILES string of the molecule is O=C(c1cccn1C1CCC1)N1CCC2CCC(C1)N2. The zero-order valence-electron chi connectivity index (χ0n) is 11.9. The number of carbonyl (C=O) groups excluding carboxylic acids is 1. The van der Waals surface area contributed by atoms with Crippen molar-refractivity contribution in [2.45, 2.75) is 56.7 Å². The molecule has 1 aliphatic carbocycles. The number of hydrogen-bond donors (Lipinski definition) is 1. The van der Waals surface area contributed by atoms with Crippen LogP contribution in [0.25, 0.3) is 0 Å². The number of hydrogen-bond acceptors (Lipinski definition) is 2. The van der Waals surface area contributed by atoms with Gasteiger partial charge in [0.15, 0.2) is 0 Å². The third-order valence-corrected chi connectivity index (χ3v) is 5.28. The third-order valence-electron chi connectivity index (χ3n) is 5.28. The number of fused-ring (bicyclic) bond motifs is 2. The van der Waals surface area contributed by atoms with E-state index in [1.807, 2.05) is 12.1 Å². The highest BCUT2D eigenvalue weighted by molar-refractivity contribution is 5.93. The Labute approximate surface area is 120 Å². The van der Waals surface area contributed by atoms with Gasteiger partial charge in [-0.3, -0.25) is 4.79 Å². The van der Waals surface area contributed by atoms with Gasteiger partial charge in [0.2, 0.25) is 0 Å². The summed E-state index contributed by atoms with van der Waals surface area (Å²) in [5, 5.41) is 3.64. The molecule has 3 fully saturated rings. The molecule has 0 radical (unpaired) electrons. The van der Waals surface area contributed by atoms with E-state index >= 15 is 0 Å². The molecule has 2 atom stereocenters.